The number of rotatable bonds is 14. The van der Waals surface area contributed by atoms with Crippen molar-refractivity contribution in [2.24, 2.45) is 0 Å². The van der Waals surface area contributed by atoms with Crippen molar-refractivity contribution in [2.75, 3.05) is 20.1 Å². The molecule has 0 bridgehead atoms. The van der Waals surface area contributed by atoms with E-state index >= 15 is 0 Å². The van der Waals surface area contributed by atoms with Crippen LogP contribution in [-0.4, -0.2) is 20.1 Å². The van der Waals surface area contributed by atoms with Crippen LogP contribution < -0.4 is 21.9 Å². The Balaban J connectivity index is 0. The Bertz CT molecular complexity index is 134. The Morgan fingerprint density at radius 2 is 0.842 bits per heavy atom. The molecule has 0 aliphatic heterocycles. The van der Waals surface area contributed by atoms with Crippen molar-refractivity contribution in [3.05, 3.63) is 0 Å². The molecule has 2 heteroatoms. The van der Waals surface area contributed by atoms with Gasteiger partial charge in [0.2, 0.25) is 0 Å². The summed E-state index contributed by atoms with van der Waals surface area (Å²) in [6, 6.07) is 0. The predicted octanol–water partition coefficient (Wildman–Crippen LogP) is 1.23. The lowest BCUT2D eigenvalue weighted by molar-refractivity contribution is -0.880. The first-order chi connectivity index (χ1) is 8.81. The van der Waals surface area contributed by atoms with Crippen molar-refractivity contribution in [1.82, 2.24) is 0 Å². The average Bonchev–Trinajstić information content (AvgIpc) is 2.38. The molecule has 0 aromatic heterocycles. The maximum atomic E-state index is 2.37. The van der Waals surface area contributed by atoms with Gasteiger partial charge >= 0.3 is 0 Å². The summed E-state index contributed by atoms with van der Waals surface area (Å²) in [5.74, 6) is 0. The van der Waals surface area contributed by atoms with Crippen LogP contribution in [0.4, 0.5) is 0 Å². The van der Waals surface area contributed by atoms with Gasteiger partial charge < -0.3 is 21.9 Å². The largest absolute Gasteiger partial charge is 1.00 e. The highest BCUT2D eigenvalue weighted by Crippen LogP contribution is 2.04. The van der Waals surface area contributed by atoms with E-state index in [0.29, 0.717) is 0 Å². The Morgan fingerprint density at radius 3 is 1.21 bits per heavy atom. The standard InChI is InChI=1S/C17H37N.BrH/c1-4-6-8-10-12-14-16-18(3)17-15-13-11-9-7-5-2;/h4-17H2,1-3H3;1H. The third-order valence-electron chi connectivity index (χ3n) is 3.91. The van der Waals surface area contributed by atoms with Gasteiger partial charge in [-0.3, -0.25) is 0 Å². The Kier molecular flexibility index (Phi) is 21.1. The van der Waals surface area contributed by atoms with Crippen LogP contribution in [0.2, 0.25) is 0 Å². The van der Waals surface area contributed by atoms with Gasteiger partial charge in [-0.2, -0.15) is 0 Å². The first kappa shape index (κ1) is 21.7. The van der Waals surface area contributed by atoms with Crippen LogP contribution in [0.3, 0.4) is 0 Å². The van der Waals surface area contributed by atoms with Gasteiger partial charge in [-0.1, -0.05) is 65.2 Å². The molecule has 0 aromatic carbocycles. The summed E-state index contributed by atoms with van der Waals surface area (Å²) in [6.07, 6.45) is 17.2. The maximum absolute atomic E-state index is 2.37. The molecule has 0 unspecified atom stereocenters. The van der Waals surface area contributed by atoms with Gasteiger partial charge in [0.15, 0.2) is 0 Å². The van der Waals surface area contributed by atoms with Crippen molar-refractivity contribution >= 4 is 0 Å². The van der Waals surface area contributed by atoms with E-state index in [2.05, 4.69) is 20.9 Å². The molecule has 0 aliphatic rings. The summed E-state index contributed by atoms with van der Waals surface area (Å²) in [6.45, 7) is 7.36. The minimum absolute atomic E-state index is 0. The van der Waals surface area contributed by atoms with Crippen molar-refractivity contribution < 1.29 is 21.9 Å². The van der Waals surface area contributed by atoms with E-state index in [1.807, 2.05) is 0 Å². The fourth-order valence-corrected chi connectivity index (χ4v) is 2.54. The minimum Gasteiger partial charge on any atom is -1.00 e. The molecule has 0 rings (SSSR count). The fourth-order valence-electron chi connectivity index (χ4n) is 2.54. The third-order valence-corrected chi connectivity index (χ3v) is 3.91. The number of hydrogen-bond acceptors (Lipinski definition) is 0. The number of hydrogen-bond donors (Lipinski definition) is 1. The van der Waals surface area contributed by atoms with E-state index in [1.165, 1.54) is 90.1 Å². The quantitative estimate of drug-likeness (QED) is 0.455. The van der Waals surface area contributed by atoms with E-state index in [0.717, 1.165) is 0 Å². The summed E-state index contributed by atoms with van der Waals surface area (Å²) in [5, 5.41) is 0. The molecule has 0 aromatic rings. The molecule has 0 heterocycles. The third kappa shape index (κ3) is 18.4. The van der Waals surface area contributed by atoms with Crippen molar-refractivity contribution in [1.29, 1.82) is 0 Å². The summed E-state index contributed by atoms with van der Waals surface area (Å²) >= 11 is 0. The smallest absolute Gasteiger partial charge is 0.0768 e. The van der Waals surface area contributed by atoms with E-state index in [4.69, 9.17) is 0 Å². The van der Waals surface area contributed by atoms with Crippen LogP contribution in [0, 0.1) is 0 Å². The van der Waals surface area contributed by atoms with E-state index in [-0.39, 0.29) is 17.0 Å². The Hall–Kier alpha value is 0.440. The van der Waals surface area contributed by atoms with Gasteiger partial charge in [-0.25, -0.2) is 0 Å². The molecule has 1 nitrogen and oxygen atoms in total. The summed E-state index contributed by atoms with van der Waals surface area (Å²) < 4.78 is 0. The second-order valence-corrected chi connectivity index (χ2v) is 5.99. The fraction of sp³-hybridized carbons (Fsp3) is 1.00. The molecule has 0 saturated heterocycles. The molecule has 0 spiro atoms. The first-order valence-corrected chi connectivity index (χ1v) is 8.62. The molecule has 118 valence electrons. The molecular weight excluding hydrogens is 298 g/mol. The SMILES string of the molecule is CCCCCCCC[NH+](C)CCCCCCCC.[Br-]. The summed E-state index contributed by atoms with van der Waals surface area (Å²) in [5.41, 5.74) is 0. The number of quaternary nitrogens is 1. The van der Waals surface area contributed by atoms with Gasteiger partial charge in [0.25, 0.3) is 0 Å². The predicted molar refractivity (Wildman–Crippen MR) is 83.4 cm³/mol. The molecule has 0 fully saturated rings. The highest BCUT2D eigenvalue weighted by atomic mass is 79.9. The van der Waals surface area contributed by atoms with Crippen LogP contribution in [0.5, 0.6) is 0 Å². The Morgan fingerprint density at radius 1 is 0.526 bits per heavy atom. The number of halogens is 1. The van der Waals surface area contributed by atoms with E-state index < -0.39 is 0 Å². The highest BCUT2D eigenvalue weighted by Gasteiger charge is 2.01. The Labute approximate surface area is 133 Å². The summed E-state index contributed by atoms with van der Waals surface area (Å²) in [7, 11) is 2.37. The lowest BCUT2D eigenvalue weighted by atomic mass is 10.1. The summed E-state index contributed by atoms with van der Waals surface area (Å²) in [4.78, 5) is 1.75. The molecule has 19 heavy (non-hydrogen) atoms. The number of nitrogens with one attached hydrogen (secondary N) is 1. The van der Waals surface area contributed by atoms with Crippen LogP contribution in [-0.2, 0) is 0 Å². The van der Waals surface area contributed by atoms with E-state index in [9.17, 15) is 0 Å². The van der Waals surface area contributed by atoms with Gasteiger partial charge in [-0.15, -0.1) is 0 Å². The maximum Gasteiger partial charge on any atom is 0.0768 e. The normalized spacial score (nSPS) is 10.7. The lowest BCUT2D eigenvalue weighted by Gasteiger charge is -2.13. The monoisotopic (exact) mass is 335 g/mol. The molecule has 0 atom stereocenters. The van der Waals surface area contributed by atoms with Crippen LogP contribution in [0.1, 0.15) is 90.9 Å². The zero-order valence-corrected chi connectivity index (χ0v) is 15.4. The van der Waals surface area contributed by atoms with Gasteiger partial charge in [-0.05, 0) is 25.7 Å². The van der Waals surface area contributed by atoms with Crippen LogP contribution >= 0.6 is 0 Å². The molecular formula is C17H38BrN. The van der Waals surface area contributed by atoms with E-state index in [1.54, 1.807) is 4.90 Å². The zero-order chi connectivity index (χ0) is 13.5. The van der Waals surface area contributed by atoms with Crippen molar-refractivity contribution in [3.63, 3.8) is 0 Å². The van der Waals surface area contributed by atoms with Crippen LogP contribution in [0.15, 0.2) is 0 Å². The minimum atomic E-state index is 0. The highest BCUT2D eigenvalue weighted by molar-refractivity contribution is 4.44. The average molecular weight is 336 g/mol. The molecule has 0 saturated carbocycles. The molecule has 0 amide bonds. The topological polar surface area (TPSA) is 4.44 Å². The second kappa shape index (κ2) is 18.4. The van der Waals surface area contributed by atoms with Crippen molar-refractivity contribution in [2.45, 2.75) is 90.9 Å². The van der Waals surface area contributed by atoms with Gasteiger partial charge in [0.1, 0.15) is 0 Å². The first-order valence-electron chi connectivity index (χ1n) is 8.62. The second-order valence-electron chi connectivity index (χ2n) is 5.99. The van der Waals surface area contributed by atoms with Gasteiger partial charge in [0.05, 0.1) is 20.1 Å². The van der Waals surface area contributed by atoms with Crippen LogP contribution in [0.25, 0.3) is 0 Å². The lowest BCUT2D eigenvalue weighted by Crippen LogP contribution is -3.09. The molecule has 0 radical (unpaired) electrons. The van der Waals surface area contributed by atoms with Gasteiger partial charge in [0, 0.05) is 0 Å². The zero-order valence-electron chi connectivity index (χ0n) is 13.8. The van der Waals surface area contributed by atoms with Crippen molar-refractivity contribution in [3.8, 4) is 0 Å². The molecule has 1 N–H and O–H groups in total. The molecule has 0 aliphatic carbocycles. The number of unbranched alkanes of at least 4 members (excludes halogenated alkanes) is 10.